The lowest BCUT2D eigenvalue weighted by Crippen LogP contribution is -2.15. The fourth-order valence-electron chi connectivity index (χ4n) is 2.53. The Morgan fingerprint density at radius 1 is 1.32 bits per heavy atom. The fourth-order valence-corrected chi connectivity index (χ4v) is 2.53. The van der Waals surface area contributed by atoms with E-state index < -0.39 is 0 Å². The summed E-state index contributed by atoms with van der Waals surface area (Å²) in [7, 11) is 1.90. The highest BCUT2D eigenvalue weighted by Crippen LogP contribution is 2.34. The van der Waals surface area contributed by atoms with Crippen LogP contribution in [0, 0.1) is 5.82 Å². The van der Waals surface area contributed by atoms with Gasteiger partial charge in [-0.05, 0) is 43.3 Å². The third-order valence-corrected chi connectivity index (χ3v) is 3.41. The maximum Gasteiger partial charge on any atom is 0.125 e. The molecule has 4 heteroatoms. The smallest absolute Gasteiger partial charge is 0.125 e. The first-order valence-corrected chi connectivity index (χ1v) is 6.43. The van der Waals surface area contributed by atoms with Crippen LogP contribution in [0.1, 0.15) is 11.3 Å². The van der Waals surface area contributed by atoms with Crippen LogP contribution in [0.25, 0.3) is 0 Å². The lowest BCUT2D eigenvalue weighted by atomic mass is 10.1. The summed E-state index contributed by atoms with van der Waals surface area (Å²) < 4.78 is 13.4. The molecule has 2 aromatic rings. The largest absolute Gasteiger partial charge is 0.341 e. The number of pyridine rings is 1. The van der Waals surface area contributed by atoms with Gasteiger partial charge in [-0.1, -0.05) is 6.07 Å². The zero-order valence-corrected chi connectivity index (χ0v) is 10.9. The number of hydrogen-bond donors (Lipinski definition) is 1. The van der Waals surface area contributed by atoms with Gasteiger partial charge in [0.1, 0.15) is 5.82 Å². The molecule has 19 heavy (non-hydrogen) atoms. The second-order valence-corrected chi connectivity index (χ2v) is 4.71. The van der Waals surface area contributed by atoms with Gasteiger partial charge in [-0.25, -0.2) is 4.39 Å². The van der Waals surface area contributed by atoms with Crippen molar-refractivity contribution in [3.8, 4) is 0 Å². The Labute approximate surface area is 112 Å². The van der Waals surface area contributed by atoms with Crippen LogP contribution >= 0.6 is 0 Å². The summed E-state index contributed by atoms with van der Waals surface area (Å²) in [5, 5.41) is 3.09. The number of benzene rings is 1. The minimum absolute atomic E-state index is 0.185. The van der Waals surface area contributed by atoms with Gasteiger partial charge in [0.15, 0.2) is 0 Å². The number of halogens is 1. The molecule has 1 aromatic carbocycles. The van der Waals surface area contributed by atoms with Crippen molar-refractivity contribution in [1.82, 2.24) is 10.3 Å². The van der Waals surface area contributed by atoms with Gasteiger partial charge in [-0.15, -0.1) is 0 Å². The lowest BCUT2D eigenvalue weighted by molar-refractivity contribution is 0.628. The molecule has 0 saturated carbocycles. The summed E-state index contributed by atoms with van der Waals surface area (Å²) in [5.41, 5.74) is 4.24. The van der Waals surface area contributed by atoms with E-state index in [9.17, 15) is 4.39 Å². The monoisotopic (exact) mass is 257 g/mol. The van der Waals surface area contributed by atoms with E-state index >= 15 is 0 Å². The van der Waals surface area contributed by atoms with Gasteiger partial charge < -0.3 is 10.2 Å². The number of hydrogen-bond acceptors (Lipinski definition) is 3. The molecule has 0 spiro atoms. The molecule has 1 aromatic heterocycles. The Hall–Kier alpha value is -1.94. The highest BCUT2D eigenvalue weighted by Gasteiger charge is 2.21. The summed E-state index contributed by atoms with van der Waals surface area (Å²) in [6, 6.07) is 9.04. The van der Waals surface area contributed by atoms with Crippen molar-refractivity contribution in [3.63, 3.8) is 0 Å². The molecule has 0 aliphatic carbocycles. The lowest BCUT2D eigenvalue weighted by Gasteiger charge is -2.20. The van der Waals surface area contributed by atoms with E-state index in [2.05, 4.69) is 21.3 Å². The van der Waals surface area contributed by atoms with Gasteiger partial charge in [0.25, 0.3) is 0 Å². The third kappa shape index (κ3) is 2.31. The Morgan fingerprint density at radius 3 is 3.05 bits per heavy atom. The van der Waals surface area contributed by atoms with Crippen LogP contribution in [0.3, 0.4) is 0 Å². The standard InChI is InChI=1S/C15H16FN3/c1-17-10-13-9-14(4-6-18-13)19-7-5-11-2-3-12(16)8-15(11)19/h2-4,6,8-9,17H,5,7,10H2,1H3. The Morgan fingerprint density at radius 2 is 2.21 bits per heavy atom. The minimum atomic E-state index is -0.185. The van der Waals surface area contributed by atoms with Gasteiger partial charge in [0.05, 0.1) is 5.69 Å². The van der Waals surface area contributed by atoms with E-state index in [0.29, 0.717) is 0 Å². The van der Waals surface area contributed by atoms with Gasteiger partial charge >= 0.3 is 0 Å². The highest BCUT2D eigenvalue weighted by atomic mass is 19.1. The number of anilines is 2. The van der Waals surface area contributed by atoms with Crippen LogP contribution in [-0.2, 0) is 13.0 Å². The van der Waals surface area contributed by atoms with E-state index in [0.717, 1.165) is 36.6 Å². The first kappa shape index (κ1) is 12.1. The van der Waals surface area contributed by atoms with Crippen LogP contribution in [0.4, 0.5) is 15.8 Å². The van der Waals surface area contributed by atoms with Crippen molar-refractivity contribution in [2.75, 3.05) is 18.5 Å². The number of aromatic nitrogens is 1. The van der Waals surface area contributed by atoms with Crippen molar-refractivity contribution in [1.29, 1.82) is 0 Å². The van der Waals surface area contributed by atoms with E-state index in [4.69, 9.17) is 0 Å². The topological polar surface area (TPSA) is 28.2 Å². The second kappa shape index (κ2) is 4.97. The molecule has 3 nitrogen and oxygen atoms in total. The van der Waals surface area contributed by atoms with E-state index in [1.165, 1.54) is 11.6 Å². The molecule has 0 bridgehead atoms. The van der Waals surface area contributed by atoms with E-state index in [-0.39, 0.29) is 5.82 Å². The Bertz CT molecular complexity index is 598. The van der Waals surface area contributed by atoms with Crippen molar-refractivity contribution in [3.05, 3.63) is 53.6 Å². The number of nitrogens with one attached hydrogen (secondary N) is 1. The van der Waals surface area contributed by atoms with Gasteiger partial charge in [0, 0.05) is 30.7 Å². The third-order valence-electron chi connectivity index (χ3n) is 3.41. The fraction of sp³-hybridized carbons (Fsp3) is 0.267. The van der Waals surface area contributed by atoms with Gasteiger partial charge in [-0.2, -0.15) is 0 Å². The van der Waals surface area contributed by atoms with Crippen LogP contribution in [0.15, 0.2) is 36.5 Å². The number of rotatable bonds is 3. The molecule has 0 radical (unpaired) electrons. The summed E-state index contributed by atoms with van der Waals surface area (Å²) in [5.74, 6) is -0.185. The van der Waals surface area contributed by atoms with Crippen LogP contribution in [-0.4, -0.2) is 18.6 Å². The van der Waals surface area contributed by atoms with E-state index in [1.807, 2.05) is 19.2 Å². The predicted octanol–water partition coefficient (Wildman–Crippen LogP) is 2.63. The molecule has 0 unspecified atom stereocenters. The van der Waals surface area contributed by atoms with Gasteiger partial charge in [0.2, 0.25) is 0 Å². The molecule has 0 amide bonds. The zero-order valence-electron chi connectivity index (χ0n) is 10.9. The van der Waals surface area contributed by atoms with Crippen LogP contribution < -0.4 is 10.2 Å². The van der Waals surface area contributed by atoms with E-state index in [1.54, 1.807) is 12.3 Å². The molecule has 0 saturated heterocycles. The molecule has 1 aliphatic rings. The van der Waals surface area contributed by atoms with Crippen molar-refractivity contribution >= 4 is 11.4 Å². The molecule has 1 aliphatic heterocycles. The minimum Gasteiger partial charge on any atom is -0.341 e. The zero-order chi connectivity index (χ0) is 13.2. The quantitative estimate of drug-likeness (QED) is 0.916. The highest BCUT2D eigenvalue weighted by molar-refractivity contribution is 5.69. The van der Waals surface area contributed by atoms with Crippen LogP contribution in [0.2, 0.25) is 0 Å². The van der Waals surface area contributed by atoms with Crippen molar-refractivity contribution in [2.24, 2.45) is 0 Å². The normalized spacial score (nSPS) is 13.7. The summed E-state index contributed by atoms with van der Waals surface area (Å²) in [6.07, 6.45) is 2.76. The molecule has 0 fully saturated rings. The second-order valence-electron chi connectivity index (χ2n) is 4.71. The SMILES string of the molecule is CNCc1cc(N2CCc3ccc(F)cc32)ccn1. The molecule has 2 heterocycles. The number of fused-ring (bicyclic) bond motifs is 1. The van der Waals surface area contributed by atoms with Crippen molar-refractivity contribution < 1.29 is 4.39 Å². The maximum atomic E-state index is 13.4. The Kier molecular flexibility index (Phi) is 3.17. The summed E-state index contributed by atoms with van der Waals surface area (Å²) in [6.45, 7) is 1.62. The van der Waals surface area contributed by atoms with Crippen molar-refractivity contribution in [2.45, 2.75) is 13.0 Å². The number of nitrogens with zero attached hydrogens (tertiary/aromatic N) is 2. The predicted molar refractivity (Wildman–Crippen MR) is 74.1 cm³/mol. The molecule has 0 atom stereocenters. The van der Waals surface area contributed by atoms with Crippen LogP contribution in [0.5, 0.6) is 0 Å². The average molecular weight is 257 g/mol. The molecular formula is C15H16FN3. The average Bonchev–Trinajstić information content (AvgIpc) is 2.82. The first-order chi connectivity index (χ1) is 9.28. The van der Waals surface area contributed by atoms with Gasteiger partial charge in [-0.3, -0.25) is 4.98 Å². The summed E-state index contributed by atoms with van der Waals surface area (Å²) >= 11 is 0. The first-order valence-electron chi connectivity index (χ1n) is 6.43. The summed E-state index contributed by atoms with van der Waals surface area (Å²) in [4.78, 5) is 6.46. The molecular weight excluding hydrogens is 241 g/mol. The maximum absolute atomic E-state index is 13.4. The molecule has 3 rings (SSSR count). The molecule has 1 N–H and O–H groups in total. The molecule has 98 valence electrons. The Balaban J connectivity index is 1.96.